The number of hydrogen-bond acceptors (Lipinski definition) is 1. The summed E-state index contributed by atoms with van der Waals surface area (Å²) in [4.78, 5) is 0. The zero-order chi connectivity index (χ0) is 7.28. The zero-order valence-corrected chi connectivity index (χ0v) is 6.43. The van der Waals surface area contributed by atoms with Crippen molar-refractivity contribution >= 4 is 0 Å². The quantitative estimate of drug-likeness (QED) is 0.572. The van der Waals surface area contributed by atoms with Gasteiger partial charge in [0.25, 0.3) is 0 Å². The minimum absolute atomic E-state index is 0.605. The molecule has 9 heavy (non-hydrogen) atoms. The molecule has 0 spiro atoms. The third kappa shape index (κ3) is 3.31. The zero-order valence-electron chi connectivity index (χ0n) is 6.43. The van der Waals surface area contributed by atoms with Gasteiger partial charge < -0.3 is 5.73 Å². The van der Waals surface area contributed by atoms with E-state index in [-0.39, 0.29) is 0 Å². The van der Waals surface area contributed by atoms with Crippen LogP contribution in [0.4, 0.5) is 0 Å². The maximum Gasteiger partial charge on any atom is -0.00745 e. The smallest absolute Gasteiger partial charge is 0.00745 e. The third-order valence-electron chi connectivity index (χ3n) is 1.89. The minimum atomic E-state index is 0.605. The molecule has 2 N–H and O–H groups in total. The molecule has 0 heterocycles. The lowest BCUT2D eigenvalue weighted by molar-refractivity contribution is 0.435. The third-order valence-corrected chi connectivity index (χ3v) is 1.89. The van der Waals surface area contributed by atoms with E-state index < -0.39 is 0 Å². The maximum absolute atomic E-state index is 5.39. The number of rotatable bonds is 4. The van der Waals surface area contributed by atoms with Crippen LogP contribution in [0.5, 0.6) is 0 Å². The molecule has 2 unspecified atom stereocenters. The lowest BCUT2D eigenvalue weighted by Crippen LogP contribution is -2.11. The van der Waals surface area contributed by atoms with Gasteiger partial charge in [-0.25, -0.2) is 0 Å². The summed E-state index contributed by atoms with van der Waals surface area (Å²) >= 11 is 0. The fourth-order valence-corrected chi connectivity index (χ4v) is 0.758. The fraction of sp³-hybridized carbons (Fsp3) is 0.750. The van der Waals surface area contributed by atoms with Crippen LogP contribution in [0.2, 0.25) is 0 Å². The molecular weight excluding hydrogens is 110 g/mol. The van der Waals surface area contributed by atoms with E-state index in [9.17, 15) is 0 Å². The van der Waals surface area contributed by atoms with Crippen LogP contribution in [0.3, 0.4) is 0 Å². The highest BCUT2D eigenvalue weighted by Gasteiger charge is 2.05. The van der Waals surface area contributed by atoms with Crippen molar-refractivity contribution in [3.8, 4) is 0 Å². The van der Waals surface area contributed by atoms with Crippen molar-refractivity contribution in [2.75, 3.05) is 6.54 Å². The van der Waals surface area contributed by atoms with Crippen LogP contribution in [0.15, 0.2) is 12.7 Å². The summed E-state index contributed by atoms with van der Waals surface area (Å²) < 4.78 is 0. The molecule has 0 saturated heterocycles. The van der Waals surface area contributed by atoms with Gasteiger partial charge in [0, 0.05) is 0 Å². The highest BCUT2D eigenvalue weighted by molar-refractivity contribution is 4.78. The van der Waals surface area contributed by atoms with Gasteiger partial charge in [0.2, 0.25) is 0 Å². The van der Waals surface area contributed by atoms with Gasteiger partial charge in [-0.1, -0.05) is 19.9 Å². The number of nitrogens with two attached hydrogens (primary N) is 1. The van der Waals surface area contributed by atoms with Crippen molar-refractivity contribution < 1.29 is 0 Å². The molecule has 0 amide bonds. The molecule has 54 valence electrons. The van der Waals surface area contributed by atoms with Crippen LogP contribution in [0.25, 0.3) is 0 Å². The predicted molar refractivity (Wildman–Crippen MR) is 42.2 cm³/mol. The van der Waals surface area contributed by atoms with Gasteiger partial charge in [0.05, 0.1) is 0 Å². The van der Waals surface area contributed by atoms with Gasteiger partial charge in [0.1, 0.15) is 0 Å². The van der Waals surface area contributed by atoms with E-state index in [1.165, 1.54) is 0 Å². The van der Waals surface area contributed by atoms with E-state index >= 15 is 0 Å². The van der Waals surface area contributed by atoms with Crippen LogP contribution in [0.1, 0.15) is 20.3 Å². The Hall–Kier alpha value is -0.300. The summed E-state index contributed by atoms with van der Waals surface area (Å²) in [5, 5.41) is 0. The van der Waals surface area contributed by atoms with Crippen LogP contribution < -0.4 is 5.73 Å². The van der Waals surface area contributed by atoms with Gasteiger partial charge in [-0.2, -0.15) is 0 Å². The summed E-state index contributed by atoms with van der Waals surface area (Å²) in [6.45, 7) is 8.90. The SMILES string of the molecule is C=CC(C)C(C)CCN. The molecule has 1 heteroatoms. The van der Waals surface area contributed by atoms with Crippen molar-refractivity contribution in [3.05, 3.63) is 12.7 Å². The van der Waals surface area contributed by atoms with Crippen LogP contribution in [0, 0.1) is 11.8 Å². The first-order chi connectivity index (χ1) is 4.22. The Kier molecular flexibility index (Phi) is 4.41. The molecule has 0 aromatic carbocycles. The normalized spacial score (nSPS) is 16.8. The Morgan fingerprint density at radius 2 is 2.11 bits per heavy atom. The summed E-state index contributed by atoms with van der Waals surface area (Å²) in [5.41, 5.74) is 5.39. The predicted octanol–water partition coefficient (Wildman–Crippen LogP) is 1.79. The first-order valence-corrected chi connectivity index (χ1v) is 3.55. The van der Waals surface area contributed by atoms with E-state index in [0.29, 0.717) is 11.8 Å². The van der Waals surface area contributed by atoms with E-state index in [0.717, 1.165) is 13.0 Å². The second-order valence-corrected chi connectivity index (χ2v) is 2.65. The van der Waals surface area contributed by atoms with Crippen LogP contribution in [-0.2, 0) is 0 Å². The molecular formula is C8H17N. The summed E-state index contributed by atoms with van der Waals surface area (Å²) in [5.74, 6) is 1.29. The van der Waals surface area contributed by atoms with Crippen molar-refractivity contribution in [3.63, 3.8) is 0 Å². The molecule has 0 aromatic rings. The fourth-order valence-electron chi connectivity index (χ4n) is 0.758. The Balaban J connectivity index is 3.44. The van der Waals surface area contributed by atoms with Crippen molar-refractivity contribution in [1.29, 1.82) is 0 Å². The van der Waals surface area contributed by atoms with E-state index in [1.54, 1.807) is 0 Å². The number of hydrogen-bond donors (Lipinski definition) is 1. The molecule has 0 aliphatic heterocycles. The van der Waals surface area contributed by atoms with Crippen LogP contribution in [-0.4, -0.2) is 6.54 Å². The molecule has 2 atom stereocenters. The molecule has 0 rings (SSSR count). The second-order valence-electron chi connectivity index (χ2n) is 2.65. The lowest BCUT2D eigenvalue weighted by atomic mass is 9.93. The molecule has 0 radical (unpaired) electrons. The maximum atomic E-state index is 5.39. The van der Waals surface area contributed by atoms with Crippen molar-refractivity contribution in [1.82, 2.24) is 0 Å². The summed E-state index contributed by atoms with van der Waals surface area (Å²) in [6.07, 6.45) is 3.09. The molecule has 0 aliphatic carbocycles. The second kappa shape index (κ2) is 4.57. The van der Waals surface area contributed by atoms with E-state index in [2.05, 4.69) is 20.4 Å². The Morgan fingerprint density at radius 3 is 2.44 bits per heavy atom. The average molecular weight is 127 g/mol. The molecule has 0 aliphatic rings. The lowest BCUT2D eigenvalue weighted by Gasteiger charge is -2.13. The Bertz CT molecular complexity index is 78.6. The first kappa shape index (κ1) is 8.70. The van der Waals surface area contributed by atoms with Gasteiger partial charge in [-0.05, 0) is 24.8 Å². The molecule has 0 fully saturated rings. The minimum Gasteiger partial charge on any atom is -0.330 e. The van der Waals surface area contributed by atoms with Gasteiger partial charge in [-0.3, -0.25) is 0 Å². The Morgan fingerprint density at radius 1 is 1.56 bits per heavy atom. The monoisotopic (exact) mass is 127 g/mol. The van der Waals surface area contributed by atoms with E-state index in [4.69, 9.17) is 5.73 Å². The Labute approximate surface area is 57.9 Å². The van der Waals surface area contributed by atoms with E-state index in [1.807, 2.05) is 6.08 Å². The highest BCUT2D eigenvalue weighted by atomic mass is 14.5. The van der Waals surface area contributed by atoms with Crippen molar-refractivity contribution in [2.24, 2.45) is 17.6 Å². The number of allylic oxidation sites excluding steroid dienone is 1. The molecule has 0 aromatic heterocycles. The molecule has 0 saturated carbocycles. The first-order valence-electron chi connectivity index (χ1n) is 3.55. The highest BCUT2D eigenvalue weighted by Crippen LogP contribution is 2.13. The average Bonchev–Trinajstić information content (AvgIpc) is 1.87. The van der Waals surface area contributed by atoms with Gasteiger partial charge in [0.15, 0.2) is 0 Å². The standard InChI is InChI=1S/C8H17N/c1-4-7(2)8(3)5-6-9/h4,7-8H,1,5-6,9H2,2-3H3. The molecule has 1 nitrogen and oxygen atoms in total. The summed E-state index contributed by atoms with van der Waals surface area (Å²) in [6, 6.07) is 0. The van der Waals surface area contributed by atoms with Crippen LogP contribution >= 0.6 is 0 Å². The largest absolute Gasteiger partial charge is 0.330 e. The molecule has 0 bridgehead atoms. The van der Waals surface area contributed by atoms with Gasteiger partial charge in [-0.15, -0.1) is 6.58 Å². The summed E-state index contributed by atoms with van der Waals surface area (Å²) in [7, 11) is 0. The van der Waals surface area contributed by atoms with Crippen molar-refractivity contribution in [2.45, 2.75) is 20.3 Å². The van der Waals surface area contributed by atoms with Gasteiger partial charge >= 0.3 is 0 Å². The topological polar surface area (TPSA) is 26.0 Å².